The van der Waals surface area contributed by atoms with Crippen molar-refractivity contribution in [2.24, 2.45) is 12.8 Å². The Morgan fingerprint density at radius 1 is 1.34 bits per heavy atom. The molecule has 0 fully saturated rings. The molecule has 3 aromatic rings. The van der Waals surface area contributed by atoms with Gasteiger partial charge in [-0.2, -0.15) is 5.10 Å². The van der Waals surface area contributed by atoms with Crippen LogP contribution in [0.15, 0.2) is 42.9 Å². The number of β-amino-alcohol motifs (C(OH)–C–C–N with tert-alkyl or cyclic N) is 1. The maximum Gasteiger partial charge on any atom is 0.227 e. The molecule has 168 valence electrons. The molecule has 32 heavy (non-hydrogen) atoms. The molecule has 0 saturated carbocycles. The van der Waals surface area contributed by atoms with E-state index in [0.717, 1.165) is 28.1 Å². The molecule has 3 heterocycles. The molecule has 0 unspecified atom stereocenters. The van der Waals surface area contributed by atoms with E-state index in [1.807, 2.05) is 31.4 Å². The number of carbonyl (C=O) groups excluding carboxylic acids is 1. The monoisotopic (exact) mass is 435 g/mol. The lowest BCUT2D eigenvalue weighted by atomic mass is 9.90. The Hall–Kier alpha value is -3.30. The van der Waals surface area contributed by atoms with Crippen molar-refractivity contribution in [3.8, 4) is 11.3 Å². The van der Waals surface area contributed by atoms with E-state index in [0.29, 0.717) is 32.0 Å². The maximum absolute atomic E-state index is 12.2. The number of carbonyl (C=O) groups is 1. The zero-order valence-corrected chi connectivity index (χ0v) is 18.6. The molecule has 1 aliphatic rings. The number of primary amides is 1. The number of anilines is 2. The number of benzene rings is 1. The quantitative estimate of drug-likeness (QED) is 0.542. The predicted molar refractivity (Wildman–Crippen MR) is 122 cm³/mol. The van der Waals surface area contributed by atoms with Gasteiger partial charge in [-0.1, -0.05) is 12.1 Å². The van der Waals surface area contributed by atoms with Crippen LogP contribution in [0.2, 0.25) is 0 Å². The van der Waals surface area contributed by atoms with Crippen LogP contribution in [0.25, 0.3) is 11.3 Å². The molecule has 0 bridgehead atoms. The molecular formula is C23H29N7O2. The van der Waals surface area contributed by atoms with Crippen LogP contribution in [0.1, 0.15) is 37.3 Å². The first-order valence-electron chi connectivity index (χ1n) is 10.6. The van der Waals surface area contributed by atoms with E-state index in [2.05, 4.69) is 31.3 Å². The molecule has 9 nitrogen and oxygen atoms in total. The summed E-state index contributed by atoms with van der Waals surface area (Å²) in [6, 6.07) is 7.86. The smallest absolute Gasteiger partial charge is 0.227 e. The van der Waals surface area contributed by atoms with Gasteiger partial charge < -0.3 is 16.2 Å². The number of amides is 1. The van der Waals surface area contributed by atoms with E-state index >= 15 is 0 Å². The third kappa shape index (κ3) is 5.12. The third-order valence-electron chi connectivity index (χ3n) is 5.51. The fourth-order valence-electron chi connectivity index (χ4n) is 4.20. The van der Waals surface area contributed by atoms with Crippen molar-refractivity contribution in [3.05, 3.63) is 54.0 Å². The average Bonchev–Trinajstić information content (AvgIpc) is 3.03. The average molecular weight is 436 g/mol. The highest BCUT2D eigenvalue weighted by Gasteiger charge is 2.28. The van der Waals surface area contributed by atoms with E-state index in [-0.39, 0.29) is 11.8 Å². The van der Waals surface area contributed by atoms with Crippen LogP contribution in [0, 0.1) is 0 Å². The van der Waals surface area contributed by atoms with Gasteiger partial charge in [0, 0.05) is 38.1 Å². The molecule has 1 aliphatic heterocycles. The normalized spacial score (nSPS) is 16.9. The minimum Gasteiger partial charge on any atom is -0.389 e. The highest BCUT2D eigenvalue weighted by atomic mass is 16.3. The molecule has 9 heteroatoms. The molecule has 0 aliphatic carbocycles. The number of hydrogen-bond donors (Lipinski definition) is 3. The lowest BCUT2D eigenvalue weighted by Crippen LogP contribution is -2.38. The molecule has 0 spiro atoms. The van der Waals surface area contributed by atoms with Crippen molar-refractivity contribution in [1.82, 2.24) is 24.6 Å². The van der Waals surface area contributed by atoms with E-state index in [1.54, 1.807) is 30.9 Å². The Bertz CT molecular complexity index is 1120. The summed E-state index contributed by atoms with van der Waals surface area (Å²) < 4.78 is 1.70. The molecule has 1 aromatic carbocycles. The Morgan fingerprint density at radius 2 is 2.16 bits per heavy atom. The number of nitrogens with zero attached hydrogens (tertiary/aromatic N) is 5. The summed E-state index contributed by atoms with van der Waals surface area (Å²) in [6.07, 6.45) is 5.89. The first-order valence-corrected chi connectivity index (χ1v) is 10.6. The number of rotatable bonds is 6. The first kappa shape index (κ1) is 21.9. The van der Waals surface area contributed by atoms with Crippen molar-refractivity contribution in [2.45, 2.75) is 38.3 Å². The molecule has 2 aromatic heterocycles. The Morgan fingerprint density at radius 3 is 2.84 bits per heavy atom. The molecule has 0 saturated heterocycles. The van der Waals surface area contributed by atoms with E-state index in [1.165, 1.54) is 0 Å². The van der Waals surface area contributed by atoms with E-state index < -0.39 is 5.60 Å². The number of nitrogens with two attached hydrogens (primary N) is 1. The van der Waals surface area contributed by atoms with Gasteiger partial charge in [0.1, 0.15) is 0 Å². The molecule has 4 N–H and O–H groups in total. The fourth-order valence-corrected chi connectivity index (χ4v) is 4.20. The summed E-state index contributed by atoms with van der Waals surface area (Å²) in [7, 11) is 1.85. The molecule has 0 radical (unpaired) electrons. The Labute approximate surface area is 187 Å². The number of aryl methyl sites for hydroxylation is 1. The lowest BCUT2D eigenvalue weighted by molar-refractivity contribution is -0.119. The van der Waals surface area contributed by atoms with Crippen LogP contribution in [0.4, 0.5) is 11.6 Å². The second kappa shape index (κ2) is 8.68. The minimum atomic E-state index is -0.830. The summed E-state index contributed by atoms with van der Waals surface area (Å²) in [4.78, 5) is 23.3. The number of aromatic nitrogens is 4. The SMILES string of the molecule is Cn1cc(Nc2nccc(-c3ccc4c(c3)CN(CC(C)(C)O)CC[C@H]4C(N)=O)n2)cn1. The Kier molecular flexibility index (Phi) is 5.94. The largest absolute Gasteiger partial charge is 0.389 e. The Balaban J connectivity index is 1.65. The molecule has 4 rings (SSSR count). The van der Waals surface area contributed by atoms with Gasteiger partial charge in [-0.15, -0.1) is 0 Å². The third-order valence-corrected chi connectivity index (χ3v) is 5.51. The van der Waals surface area contributed by atoms with Crippen LogP contribution < -0.4 is 11.1 Å². The summed E-state index contributed by atoms with van der Waals surface area (Å²) in [5, 5.41) is 17.6. The summed E-state index contributed by atoms with van der Waals surface area (Å²) >= 11 is 0. The topological polar surface area (TPSA) is 122 Å². The fraction of sp³-hybridized carbons (Fsp3) is 0.391. The minimum absolute atomic E-state index is 0.325. The van der Waals surface area contributed by atoms with E-state index in [9.17, 15) is 9.90 Å². The number of fused-ring (bicyclic) bond motifs is 1. The van der Waals surface area contributed by atoms with Gasteiger partial charge in [0.25, 0.3) is 0 Å². The molecule has 1 amide bonds. The van der Waals surface area contributed by atoms with E-state index in [4.69, 9.17) is 5.73 Å². The van der Waals surface area contributed by atoms with Gasteiger partial charge in [0.05, 0.1) is 29.1 Å². The van der Waals surface area contributed by atoms with Gasteiger partial charge in [0.15, 0.2) is 0 Å². The second-order valence-corrected chi connectivity index (χ2v) is 8.97. The van der Waals surface area contributed by atoms with Crippen molar-refractivity contribution < 1.29 is 9.90 Å². The summed E-state index contributed by atoms with van der Waals surface area (Å²) in [6.45, 7) is 5.41. The summed E-state index contributed by atoms with van der Waals surface area (Å²) in [5.41, 5.74) is 9.36. The van der Waals surface area contributed by atoms with Gasteiger partial charge in [-0.3, -0.25) is 14.4 Å². The molecule has 1 atom stereocenters. The highest BCUT2D eigenvalue weighted by Crippen LogP contribution is 2.32. The first-order chi connectivity index (χ1) is 15.2. The maximum atomic E-state index is 12.2. The van der Waals surface area contributed by atoms with Gasteiger partial charge in [-0.05, 0) is 50.1 Å². The highest BCUT2D eigenvalue weighted by molar-refractivity contribution is 5.83. The number of nitrogens with one attached hydrogen (secondary N) is 1. The van der Waals surface area contributed by atoms with Crippen LogP contribution in [0.3, 0.4) is 0 Å². The van der Waals surface area contributed by atoms with Gasteiger partial charge in [-0.25, -0.2) is 9.97 Å². The van der Waals surface area contributed by atoms with Crippen molar-refractivity contribution in [1.29, 1.82) is 0 Å². The van der Waals surface area contributed by atoms with Crippen LogP contribution in [-0.2, 0) is 18.4 Å². The van der Waals surface area contributed by atoms with Crippen molar-refractivity contribution in [3.63, 3.8) is 0 Å². The zero-order chi connectivity index (χ0) is 22.9. The van der Waals surface area contributed by atoms with Crippen molar-refractivity contribution >= 4 is 17.5 Å². The number of hydrogen-bond acceptors (Lipinski definition) is 7. The summed E-state index contributed by atoms with van der Waals surface area (Å²) in [5.74, 6) is -0.197. The second-order valence-electron chi connectivity index (χ2n) is 8.97. The molecular weight excluding hydrogens is 406 g/mol. The lowest BCUT2D eigenvalue weighted by Gasteiger charge is -2.28. The standard InChI is InChI=1S/C23H29N7O2/c1-23(2,32)14-30-9-7-19(21(24)31)18-5-4-15(10-16(18)12-30)20-6-8-25-22(28-20)27-17-11-26-29(3)13-17/h4-6,8,10-11,13,19,32H,7,9,12,14H2,1-3H3,(H2,24,31)(H,25,27,28)/t19-/m1/s1. The zero-order valence-electron chi connectivity index (χ0n) is 18.6. The van der Waals surface area contributed by atoms with Crippen molar-refractivity contribution in [2.75, 3.05) is 18.4 Å². The van der Waals surface area contributed by atoms with Gasteiger partial charge in [0.2, 0.25) is 11.9 Å². The number of aliphatic hydroxyl groups is 1. The van der Waals surface area contributed by atoms with Crippen LogP contribution >= 0.6 is 0 Å². The van der Waals surface area contributed by atoms with Gasteiger partial charge >= 0.3 is 0 Å². The van der Waals surface area contributed by atoms with Crippen LogP contribution in [0.5, 0.6) is 0 Å². The van der Waals surface area contributed by atoms with Crippen LogP contribution in [-0.4, -0.2) is 54.4 Å². The predicted octanol–water partition coefficient (Wildman–Crippen LogP) is 2.17.